The van der Waals surface area contributed by atoms with E-state index in [-0.39, 0.29) is 29.9 Å². The van der Waals surface area contributed by atoms with E-state index in [0.717, 1.165) is 45.4 Å². The minimum Gasteiger partial charge on any atom is -0.459 e. The highest BCUT2D eigenvalue weighted by Gasteiger charge is 2.23. The van der Waals surface area contributed by atoms with Gasteiger partial charge < -0.3 is 19.5 Å². The Hall–Kier alpha value is -2.31. The number of carbonyl (C=O) groups excluding carboxylic acids is 3. The summed E-state index contributed by atoms with van der Waals surface area (Å²) in [6, 6.07) is 3.24. The van der Waals surface area contributed by atoms with E-state index in [0.29, 0.717) is 18.9 Å². The first kappa shape index (κ1) is 21.0. The van der Waals surface area contributed by atoms with Crippen LogP contribution in [0.3, 0.4) is 0 Å². The lowest BCUT2D eigenvalue weighted by molar-refractivity contribution is -0.133. The molecule has 0 saturated carbocycles. The summed E-state index contributed by atoms with van der Waals surface area (Å²) in [7, 11) is 0. The molecular weight excluding hydrogens is 346 g/mol. The Morgan fingerprint density at radius 2 is 1.89 bits per heavy atom. The smallest absolute Gasteiger partial charge is 0.286 e. The fraction of sp³-hybridized carbons (Fsp3) is 0.650. The first-order valence-corrected chi connectivity index (χ1v) is 9.92. The van der Waals surface area contributed by atoms with Crippen molar-refractivity contribution in [3.8, 4) is 0 Å². The van der Waals surface area contributed by atoms with Gasteiger partial charge in [0.25, 0.3) is 5.91 Å². The van der Waals surface area contributed by atoms with Gasteiger partial charge in [-0.05, 0) is 51.2 Å². The van der Waals surface area contributed by atoms with Crippen molar-refractivity contribution in [1.82, 2.24) is 15.1 Å². The van der Waals surface area contributed by atoms with Crippen LogP contribution in [0.25, 0.3) is 0 Å². The van der Waals surface area contributed by atoms with E-state index in [9.17, 15) is 14.4 Å². The quantitative estimate of drug-likeness (QED) is 0.716. The maximum atomic E-state index is 12.3. The zero-order valence-corrected chi connectivity index (χ0v) is 16.4. The van der Waals surface area contributed by atoms with Crippen LogP contribution in [0.1, 0.15) is 56.5 Å². The highest BCUT2D eigenvalue weighted by molar-refractivity contribution is 5.91. The predicted molar refractivity (Wildman–Crippen MR) is 102 cm³/mol. The summed E-state index contributed by atoms with van der Waals surface area (Å²) < 4.78 is 5.02. The third kappa shape index (κ3) is 6.41. The number of nitrogens with one attached hydrogen (secondary N) is 1. The molecular formula is C20H31N3O4. The Labute approximate surface area is 161 Å². The number of nitrogens with zero attached hydrogens (tertiary/aromatic N) is 2. The second-order valence-corrected chi connectivity index (χ2v) is 6.91. The van der Waals surface area contributed by atoms with E-state index < -0.39 is 0 Å². The minimum atomic E-state index is -0.302. The predicted octanol–water partition coefficient (Wildman–Crippen LogP) is 2.29. The number of amides is 3. The largest absolute Gasteiger partial charge is 0.459 e. The number of carbonyl (C=O) groups is 3. The summed E-state index contributed by atoms with van der Waals surface area (Å²) in [4.78, 5) is 39.9. The monoisotopic (exact) mass is 377 g/mol. The summed E-state index contributed by atoms with van der Waals surface area (Å²) in [6.45, 7) is 7.30. The van der Waals surface area contributed by atoms with Crippen molar-refractivity contribution in [2.45, 2.75) is 46.0 Å². The van der Waals surface area contributed by atoms with Crippen LogP contribution < -0.4 is 5.32 Å². The molecule has 2 rings (SSSR count). The van der Waals surface area contributed by atoms with Gasteiger partial charge in [0, 0.05) is 45.6 Å². The summed E-state index contributed by atoms with van der Waals surface area (Å²) in [6.07, 6.45) is 5.11. The fourth-order valence-corrected chi connectivity index (χ4v) is 3.47. The number of hydrogen-bond donors (Lipinski definition) is 1. The Bertz CT molecular complexity index is 603. The van der Waals surface area contributed by atoms with E-state index >= 15 is 0 Å². The van der Waals surface area contributed by atoms with Crippen LogP contribution in [0, 0.1) is 5.92 Å². The fourth-order valence-electron chi connectivity index (χ4n) is 3.47. The van der Waals surface area contributed by atoms with Crippen molar-refractivity contribution in [3.63, 3.8) is 0 Å². The van der Waals surface area contributed by atoms with Gasteiger partial charge in [-0.2, -0.15) is 0 Å². The first-order valence-electron chi connectivity index (χ1n) is 9.92. The van der Waals surface area contributed by atoms with Gasteiger partial charge >= 0.3 is 0 Å². The topological polar surface area (TPSA) is 82.9 Å². The third-order valence-corrected chi connectivity index (χ3v) is 5.22. The van der Waals surface area contributed by atoms with Crippen LogP contribution in [0.2, 0.25) is 0 Å². The molecule has 1 fully saturated rings. The highest BCUT2D eigenvalue weighted by Crippen LogP contribution is 2.22. The number of piperidine rings is 1. The second-order valence-electron chi connectivity index (χ2n) is 6.91. The summed E-state index contributed by atoms with van der Waals surface area (Å²) in [5, 5.41) is 2.70. The van der Waals surface area contributed by atoms with E-state index in [1.54, 1.807) is 12.1 Å². The Balaban J connectivity index is 1.62. The Morgan fingerprint density at radius 3 is 2.48 bits per heavy atom. The van der Waals surface area contributed by atoms with Crippen LogP contribution >= 0.6 is 0 Å². The van der Waals surface area contributed by atoms with E-state index in [2.05, 4.69) is 5.32 Å². The van der Waals surface area contributed by atoms with Crippen LogP contribution in [0.4, 0.5) is 0 Å². The summed E-state index contributed by atoms with van der Waals surface area (Å²) in [5.74, 6) is 0.748. The van der Waals surface area contributed by atoms with Gasteiger partial charge in [0.15, 0.2) is 5.76 Å². The molecule has 0 atom stereocenters. The summed E-state index contributed by atoms with van der Waals surface area (Å²) in [5.41, 5.74) is 0. The average molecular weight is 377 g/mol. The maximum Gasteiger partial charge on any atom is 0.286 e. The lowest BCUT2D eigenvalue weighted by Gasteiger charge is -2.32. The molecule has 0 aliphatic carbocycles. The van der Waals surface area contributed by atoms with Crippen molar-refractivity contribution in [2.24, 2.45) is 5.92 Å². The molecule has 2 heterocycles. The number of likely N-dealkylation sites (tertiary alicyclic amines) is 1. The summed E-state index contributed by atoms with van der Waals surface area (Å²) >= 11 is 0. The molecule has 0 aromatic carbocycles. The zero-order chi connectivity index (χ0) is 19.6. The zero-order valence-electron chi connectivity index (χ0n) is 16.4. The van der Waals surface area contributed by atoms with Crippen molar-refractivity contribution in [1.29, 1.82) is 0 Å². The van der Waals surface area contributed by atoms with Crippen LogP contribution in [0.5, 0.6) is 0 Å². The van der Waals surface area contributed by atoms with Crippen molar-refractivity contribution in [3.05, 3.63) is 24.2 Å². The van der Waals surface area contributed by atoms with E-state index in [4.69, 9.17) is 4.42 Å². The first-order chi connectivity index (χ1) is 13.0. The molecule has 1 aromatic heterocycles. The van der Waals surface area contributed by atoms with Crippen molar-refractivity contribution < 1.29 is 18.8 Å². The number of furan rings is 1. The molecule has 3 amide bonds. The molecule has 1 saturated heterocycles. The molecule has 1 aliphatic rings. The van der Waals surface area contributed by atoms with Gasteiger partial charge in [-0.15, -0.1) is 0 Å². The van der Waals surface area contributed by atoms with Crippen LogP contribution in [0.15, 0.2) is 22.8 Å². The molecule has 0 bridgehead atoms. The van der Waals surface area contributed by atoms with Gasteiger partial charge in [0.1, 0.15) is 0 Å². The molecule has 7 heteroatoms. The van der Waals surface area contributed by atoms with Crippen molar-refractivity contribution >= 4 is 17.7 Å². The average Bonchev–Trinajstić information content (AvgIpc) is 3.22. The molecule has 7 nitrogen and oxygen atoms in total. The van der Waals surface area contributed by atoms with Crippen LogP contribution in [-0.4, -0.2) is 60.2 Å². The molecule has 1 aliphatic heterocycles. The van der Waals surface area contributed by atoms with Crippen LogP contribution in [-0.2, 0) is 9.59 Å². The van der Waals surface area contributed by atoms with E-state index in [1.165, 1.54) is 6.26 Å². The lowest BCUT2D eigenvalue weighted by atomic mass is 9.92. The second kappa shape index (κ2) is 10.7. The van der Waals surface area contributed by atoms with Gasteiger partial charge in [-0.3, -0.25) is 14.4 Å². The molecule has 150 valence electrons. The lowest BCUT2D eigenvalue weighted by Crippen LogP contribution is -2.40. The standard InChI is InChI=1S/C20H31N3O4/c1-3-22(4-2)18(24)8-7-16-10-13-23(14-11-16)19(25)9-12-21-20(26)17-6-5-15-27-17/h5-6,15-16H,3-4,7-14H2,1-2H3,(H,21,26). The minimum absolute atomic E-state index is 0.0624. The molecule has 27 heavy (non-hydrogen) atoms. The highest BCUT2D eigenvalue weighted by atomic mass is 16.3. The van der Waals surface area contributed by atoms with Crippen molar-refractivity contribution in [2.75, 3.05) is 32.7 Å². The molecule has 0 radical (unpaired) electrons. The molecule has 0 unspecified atom stereocenters. The van der Waals surface area contributed by atoms with E-state index in [1.807, 2.05) is 23.6 Å². The Kier molecular flexibility index (Phi) is 8.36. The number of rotatable bonds is 9. The third-order valence-electron chi connectivity index (χ3n) is 5.22. The van der Waals surface area contributed by atoms with Gasteiger partial charge in [0.2, 0.25) is 11.8 Å². The maximum absolute atomic E-state index is 12.3. The van der Waals surface area contributed by atoms with Gasteiger partial charge in [-0.1, -0.05) is 0 Å². The molecule has 1 N–H and O–H groups in total. The SMILES string of the molecule is CCN(CC)C(=O)CCC1CCN(C(=O)CCNC(=O)c2ccco2)CC1. The molecule has 0 spiro atoms. The normalized spacial score (nSPS) is 14.8. The molecule has 1 aromatic rings. The van der Waals surface area contributed by atoms with Gasteiger partial charge in [0.05, 0.1) is 6.26 Å². The Morgan fingerprint density at radius 1 is 1.19 bits per heavy atom. The van der Waals surface area contributed by atoms with Gasteiger partial charge in [-0.25, -0.2) is 0 Å². The number of hydrogen-bond acceptors (Lipinski definition) is 4.